The Morgan fingerprint density at radius 1 is 1.15 bits per heavy atom. The predicted molar refractivity (Wildman–Crippen MR) is 104 cm³/mol. The molecule has 0 aromatic heterocycles. The van der Waals surface area contributed by atoms with Crippen molar-refractivity contribution in [1.82, 2.24) is 0 Å². The number of carbonyl (C=O) groups excluding carboxylic acids is 2. The van der Waals surface area contributed by atoms with Gasteiger partial charge in [0.2, 0.25) is 0 Å². The van der Waals surface area contributed by atoms with Crippen LogP contribution in [-0.2, 0) is 14.3 Å². The SMILES string of the molecule is Nc1cc(C(=O)OCC(=O)Nc2ccc(N3CCOCC3)cc2)ccc1Cl. The number of hydrogen-bond donors (Lipinski definition) is 2. The summed E-state index contributed by atoms with van der Waals surface area (Å²) >= 11 is 5.81. The molecule has 0 radical (unpaired) electrons. The first-order valence-corrected chi connectivity index (χ1v) is 8.85. The second kappa shape index (κ2) is 8.75. The molecule has 7 nitrogen and oxygen atoms in total. The molecule has 2 aromatic carbocycles. The highest BCUT2D eigenvalue weighted by molar-refractivity contribution is 6.33. The molecule has 0 aliphatic carbocycles. The molecule has 3 rings (SSSR count). The summed E-state index contributed by atoms with van der Waals surface area (Å²) in [5, 5.41) is 3.05. The van der Waals surface area contributed by atoms with E-state index in [-0.39, 0.29) is 11.3 Å². The topological polar surface area (TPSA) is 93.9 Å². The molecule has 142 valence electrons. The third-order valence-corrected chi connectivity index (χ3v) is 4.44. The number of nitrogens with two attached hydrogens (primary N) is 1. The molecular formula is C19H20ClN3O4. The molecule has 27 heavy (non-hydrogen) atoms. The minimum Gasteiger partial charge on any atom is -0.452 e. The van der Waals surface area contributed by atoms with Crippen molar-refractivity contribution >= 4 is 40.5 Å². The summed E-state index contributed by atoms with van der Waals surface area (Å²) in [7, 11) is 0. The summed E-state index contributed by atoms with van der Waals surface area (Å²) in [5.74, 6) is -1.07. The fourth-order valence-electron chi connectivity index (χ4n) is 2.66. The normalized spacial score (nSPS) is 13.9. The summed E-state index contributed by atoms with van der Waals surface area (Å²) in [5.41, 5.74) is 7.86. The van der Waals surface area contributed by atoms with E-state index in [9.17, 15) is 9.59 Å². The number of nitrogen functional groups attached to an aromatic ring is 1. The highest BCUT2D eigenvalue weighted by atomic mass is 35.5. The summed E-state index contributed by atoms with van der Waals surface area (Å²) in [6.45, 7) is 2.71. The van der Waals surface area contributed by atoms with Gasteiger partial charge in [-0.05, 0) is 42.5 Å². The number of morpholine rings is 1. The Labute approximate surface area is 162 Å². The highest BCUT2D eigenvalue weighted by Gasteiger charge is 2.13. The average molecular weight is 390 g/mol. The van der Waals surface area contributed by atoms with Gasteiger partial charge in [-0.15, -0.1) is 0 Å². The lowest BCUT2D eigenvalue weighted by molar-refractivity contribution is -0.119. The van der Waals surface area contributed by atoms with Crippen molar-refractivity contribution < 1.29 is 19.1 Å². The van der Waals surface area contributed by atoms with Crippen LogP contribution >= 0.6 is 11.6 Å². The van der Waals surface area contributed by atoms with Gasteiger partial charge in [-0.2, -0.15) is 0 Å². The Kier molecular flexibility index (Phi) is 6.16. The lowest BCUT2D eigenvalue weighted by atomic mass is 10.2. The lowest BCUT2D eigenvalue weighted by Gasteiger charge is -2.28. The van der Waals surface area contributed by atoms with Crippen LogP contribution in [0.25, 0.3) is 0 Å². The molecule has 1 amide bonds. The molecule has 1 aliphatic rings. The van der Waals surface area contributed by atoms with Crippen molar-refractivity contribution in [3.63, 3.8) is 0 Å². The third kappa shape index (κ3) is 5.12. The van der Waals surface area contributed by atoms with Crippen LogP contribution in [0.4, 0.5) is 17.1 Å². The summed E-state index contributed by atoms with van der Waals surface area (Å²) in [6.07, 6.45) is 0. The Balaban J connectivity index is 1.50. The maximum atomic E-state index is 12.0. The second-order valence-corrected chi connectivity index (χ2v) is 6.41. The lowest BCUT2D eigenvalue weighted by Crippen LogP contribution is -2.36. The molecule has 0 spiro atoms. The number of benzene rings is 2. The van der Waals surface area contributed by atoms with Crippen LogP contribution in [0.15, 0.2) is 42.5 Å². The fourth-order valence-corrected chi connectivity index (χ4v) is 2.78. The first-order chi connectivity index (χ1) is 13.0. The van der Waals surface area contributed by atoms with E-state index in [1.54, 1.807) is 0 Å². The van der Waals surface area contributed by atoms with Crippen LogP contribution in [0.3, 0.4) is 0 Å². The van der Waals surface area contributed by atoms with E-state index in [0.29, 0.717) is 23.9 Å². The van der Waals surface area contributed by atoms with E-state index in [1.807, 2.05) is 24.3 Å². The number of rotatable bonds is 5. The van der Waals surface area contributed by atoms with Gasteiger partial charge in [-0.3, -0.25) is 4.79 Å². The molecule has 8 heteroatoms. The third-order valence-electron chi connectivity index (χ3n) is 4.09. The molecule has 0 saturated carbocycles. The smallest absolute Gasteiger partial charge is 0.338 e. The Morgan fingerprint density at radius 3 is 2.52 bits per heavy atom. The summed E-state index contributed by atoms with van der Waals surface area (Å²) < 4.78 is 10.3. The fraction of sp³-hybridized carbons (Fsp3) is 0.263. The zero-order chi connectivity index (χ0) is 19.2. The van der Waals surface area contributed by atoms with E-state index in [4.69, 9.17) is 26.8 Å². The molecule has 2 aromatic rings. The van der Waals surface area contributed by atoms with Crippen LogP contribution in [0.2, 0.25) is 5.02 Å². The number of carbonyl (C=O) groups is 2. The van der Waals surface area contributed by atoms with E-state index >= 15 is 0 Å². The Morgan fingerprint density at radius 2 is 1.85 bits per heavy atom. The number of anilines is 3. The van der Waals surface area contributed by atoms with Crippen molar-refractivity contribution in [3.8, 4) is 0 Å². The summed E-state index contributed by atoms with van der Waals surface area (Å²) in [4.78, 5) is 26.2. The van der Waals surface area contributed by atoms with Crippen molar-refractivity contribution in [1.29, 1.82) is 0 Å². The van der Waals surface area contributed by atoms with E-state index in [0.717, 1.165) is 18.8 Å². The number of ether oxygens (including phenoxy) is 2. The minimum absolute atomic E-state index is 0.236. The molecule has 1 aliphatic heterocycles. The van der Waals surface area contributed by atoms with Gasteiger partial charge >= 0.3 is 5.97 Å². The van der Waals surface area contributed by atoms with Crippen LogP contribution in [0, 0.1) is 0 Å². The predicted octanol–water partition coefficient (Wildman–Crippen LogP) is 2.55. The van der Waals surface area contributed by atoms with Crippen LogP contribution < -0.4 is 16.0 Å². The van der Waals surface area contributed by atoms with Crippen molar-refractivity contribution in [3.05, 3.63) is 53.1 Å². The van der Waals surface area contributed by atoms with Crippen molar-refractivity contribution in [2.24, 2.45) is 0 Å². The second-order valence-electron chi connectivity index (χ2n) is 6.01. The van der Waals surface area contributed by atoms with E-state index in [2.05, 4.69) is 10.2 Å². The number of esters is 1. The Bertz CT molecular complexity index is 820. The van der Waals surface area contributed by atoms with Crippen LogP contribution in [0.1, 0.15) is 10.4 Å². The standard InChI is InChI=1S/C19H20ClN3O4/c20-16-6-1-13(11-17(16)21)19(25)27-12-18(24)22-14-2-4-15(5-3-14)23-7-9-26-10-8-23/h1-6,11H,7-10,12,21H2,(H,22,24). The van der Waals surface area contributed by atoms with Gasteiger partial charge in [0.05, 0.1) is 29.5 Å². The maximum absolute atomic E-state index is 12.0. The minimum atomic E-state index is -0.642. The zero-order valence-electron chi connectivity index (χ0n) is 14.6. The monoisotopic (exact) mass is 389 g/mol. The quantitative estimate of drug-likeness (QED) is 0.603. The van der Waals surface area contributed by atoms with Gasteiger partial charge in [0.15, 0.2) is 6.61 Å². The van der Waals surface area contributed by atoms with Crippen LogP contribution in [-0.4, -0.2) is 44.8 Å². The zero-order valence-corrected chi connectivity index (χ0v) is 15.4. The van der Waals surface area contributed by atoms with Crippen LogP contribution in [0.5, 0.6) is 0 Å². The van der Waals surface area contributed by atoms with Crippen molar-refractivity contribution in [2.45, 2.75) is 0 Å². The van der Waals surface area contributed by atoms with E-state index in [1.165, 1.54) is 18.2 Å². The first-order valence-electron chi connectivity index (χ1n) is 8.48. The molecular weight excluding hydrogens is 370 g/mol. The summed E-state index contributed by atoms with van der Waals surface area (Å²) in [6, 6.07) is 11.9. The molecule has 3 N–H and O–H groups in total. The molecule has 0 atom stereocenters. The number of halogens is 1. The highest BCUT2D eigenvalue weighted by Crippen LogP contribution is 2.20. The molecule has 0 unspecified atom stereocenters. The molecule has 0 bridgehead atoms. The number of nitrogens with zero attached hydrogens (tertiary/aromatic N) is 1. The number of amides is 1. The molecule has 1 fully saturated rings. The number of hydrogen-bond acceptors (Lipinski definition) is 6. The maximum Gasteiger partial charge on any atom is 0.338 e. The van der Waals surface area contributed by atoms with Gasteiger partial charge in [-0.1, -0.05) is 11.6 Å². The largest absolute Gasteiger partial charge is 0.452 e. The van der Waals surface area contributed by atoms with Gasteiger partial charge in [0.1, 0.15) is 0 Å². The average Bonchev–Trinajstić information content (AvgIpc) is 2.69. The van der Waals surface area contributed by atoms with Gasteiger partial charge in [0.25, 0.3) is 5.91 Å². The van der Waals surface area contributed by atoms with Gasteiger partial charge < -0.3 is 25.4 Å². The Hall–Kier alpha value is -2.77. The van der Waals surface area contributed by atoms with Crippen molar-refractivity contribution in [2.75, 3.05) is 48.9 Å². The molecule has 1 heterocycles. The van der Waals surface area contributed by atoms with E-state index < -0.39 is 18.5 Å². The van der Waals surface area contributed by atoms with Gasteiger partial charge in [-0.25, -0.2) is 4.79 Å². The van der Waals surface area contributed by atoms with Gasteiger partial charge in [0, 0.05) is 24.5 Å². The number of nitrogens with one attached hydrogen (secondary N) is 1. The first kappa shape index (κ1) is 19.0. The molecule has 1 saturated heterocycles.